The summed E-state index contributed by atoms with van der Waals surface area (Å²) in [7, 11) is 0. The first-order valence-electron chi connectivity index (χ1n) is 8.81. The summed E-state index contributed by atoms with van der Waals surface area (Å²) in [6.45, 7) is -0.144. The number of aromatic nitrogens is 5. The van der Waals surface area contributed by atoms with Crippen molar-refractivity contribution in [2.24, 2.45) is 0 Å². The van der Waals surface area contributed by atoms with Crippen molar-refractivity contribution in [3.05, 3.63) is 47.0 Å². The Morgan fingerprint density at radius 2 is 1.96 bits per heavy atom. The summed E-state index contributed by atoms with van der Waals surface area (Å²) in [5.74, 6) is 0.342. The third-order valence-corrected chi connectivity index (χ3v) is 4.46. The molecule has 9 nitrogen and oxygen atoms in total. The summed E-state index contributed by atoms with van der Waals surface area (Å²) in [5.41, 5.74) is 0.717. The molecule has 27 heavy (non-hydrogen) atoms. The van der Waals surface area contributed by atoms with Gasteiger partial charge >= 0.3 is 0 Å². The third kappa shape index (κ3) is 3.91. The minimum atomic E-state index is -0.366. The van der Waals surface area contributed by atoms with Gasteiger partial charge in [-0.2, -0.15) is 10.1 Å². The molecule has 0 unspecified atom stereocenters. The van der Waals surface area contributed by atoms with Gasteiger partial charge in [-0.3, -0.25) is 14.6 Å². The first-order chi connectivity index (χ1) is 13.2. The molecule has 0 spiro atoms. The van der Waals surface area contributed by atoms with Crippen molar-refractivity contribution >= 4 is 5.91 Å². The Morgan fingerprint density at radius 1 is 1.19 bits per heavy atom. The van der Waals surface area contributed by atoms with Crippen LogP contribution in [0.1, 0.15) is 25.7 Å². The molecule has 1 N–H and O–H groups in total. The molecule has 0 saturated heterocycles. The Morgan fingerprint density at radius 3 is 2.74 bits per heavy atom. The van der Waals surface area contributed by atoms with Crippen LogP contribution in [0.3, 0.4) is 0 Å². The minimum Gasteiger partial charge on any atom is -0.352 e. The fraction of sp³-hybridized carbons (Fsp3) is 0.333. The van der Waals surface area contributed by atoms with E-state index >= 15 is 0 Å². The molecule has 1 aliphatic rings. The van der Waals surface area contributed by atoms with Gasteiger partial charge in [0.2, 0.25) is 11.7 Å². The van der Waals surface area contributed by atoms with Gasteiger partial charge < -0.3 is 9.84 Å². The van der Waals surface area contributed by atoms with Crippen LogP contribution in [-0.2, 0) is 11.3 Å². The summed E-state index contributed by atoms with van der Waals surface area (Å²) >= 11 is 0. The molecule has 1 saturated carbocycles. The van der Waals surface area contributed by atoms with Crippen molar-refractivity contribution in [2.75, 3.05) is 0 Å². The van der Waals surface area contributed by atoms with Crippen molar-refractivity contribution in [3.63, 3.8) is 0 Å². The highest BCUT2D eigenvalue weighted by molar-refractivity contribution is 5.76. The van der Waals surface area contributed by atoms with E-state index in [9.17, 15) is 9.59 Å². The lowest BCUT2D eigenvalue weighted by molar-refractivity contribution is -0.122. The molecule has 0 radical (unpaired) electrons. The topological polar surface area (TPSA) is 116 Å². The maximum atomic E-state index is 12.2. The van der Waals surface area contributed by atoms with E-state index in [1.165, 1.54) is 12.1 Å². The molecule has 1 amide bonds. The van der Waals surface area contributed by atoms with Gasteiger partial charge in [0.05, 0.1) is 0 Å². The number of carbonyl (C=O) groups is 1. The monoisotopic (exact) mass is 366 g/mol. The van der Waals surface area contributed by atoms with Gasteiger partial charge in [0.15, 0.2) is 0 Å². The second kappa shape index (κ2) is 7.48. The molecular weight excluding hydrogens is 348 g/mol. The molecule has 3 heterocycles. The predicted molar refractivity (Wildman–Crippen MR) is 95.4 cm³/mol. The smallest absolute Gasteiger partial charge is 0.278 e. The van der Waals surface area contributed by atoms with Gasteiger partial charge in [0.25, 0.3) is 11.4 Å². The van der Waals surface area contributed by atoms with Crippen LogP contribution in [0.5, 0.6) is 0 Å². The fourth-order valence-corrected chi connectivity index (χ4v) is 3.10. The zero-order valence-corrected chi connectivity index (χ0v) is 14.5. The summed E-state index contributed by atoms with van der Waals surface area (Å²) in [6, 6.07) is 6.54. The van der Waals surface area contributed by atoms with Crippen molar-refractivity contribution in [1.29, 1.82) is 0 Å². The average molecular weight is 366 g/mol. The zero-order chi connectivity index (χ0) is 18.6. The van der Waals surface area contributed by atoms with E-state index in [-0.39, 0.29) is 29.9 Å². The Hall–Kier alpha value is -3.36. The maximum absolute atomic E-state index is 12.2. The van der Waals surface area contributed by atoms with E-state index in [0.717, 1.165) is 35.9 Å². The lowest BCUT2D eigenvalue weighted by Crippen LogP contribution is -2.38. The summed E-state index contributed by atoms with van der Waals surface area (Å²) in [6.07, 6.45) is 7.46. The largest absolute Gasteiger partial charge is 0.352 e. The van der Waals surface area contributed by atoms with Crippen LogP contribution in [0.25, 0.3) is 23.0 Å². The molecule has 0 bridgehead atoms. The van der Waals surface area contributed by atoms with Crippen molar-refractivity contribution in [1.82, 2.24) is 30.2 Å². The number of nitrogens with one attached hydrogen (secondary N) is 1. The van der Waals surface area contributed by atoms with Crippen LogP contribution in [0.15, 0.2) is 46.0 Å². The number of amides is 1. The van der Waals surface area contributed by atoms with Gasteiger partial charge in [0.1, 0.15) is 12.2 Å². The Balaban J connectivity index is 1.53. The second-order valence-electron chi connectivity index (χ2n) is 6.42. The second-order valence-corrected chi connectivity index (χ2v) is 6.42. The van der Waals surface area contributed by atoms with Gasteiger partial charge in [0, 0.05) is 30.1 Å². The van der Waals surface area contributed by atoms with Crippen LogP contribution in [-0.4, -0.2) is 36.9 Å². The number of hydrogen-bond donors (Lipinski definition) is 1. The highest BCUT2D eigenvalue weighted by Crippen LogP contribution is 2.19. The minimum absolute atomic E-state index is 0.144. The zero-order valence-electron chi connectivity index (χ0n) is 14.5. The lowest BCUT2D eigenvalue weighted by Gasteiger charge is -2.12. The Bertz CT molecular complexity index is 992. The molecule has 0 aromatic carbocycles. The van der Waals surface area contributed by atoms with E-state index in [1.54, 1.807) is 24.5 Å². The molecule has 0 atom stereocenters. The van der Waals surface area contributed by atoms with E-state index in [4.69, 9.17) is 4.52 Å². The van der Waals surface area contributed by atoms with E-state index in [0.29, 0.717) is 11.5 Å². The van der Waals surface area contributed by atoms with E-state index < -0.39 is 0 Å². The molecule has 3 aromatic rings. The van der Waals surface area contributed by atoms with Crippen molar-refractivity contribution in [2.45, 2.75) is 38.3 Å². The van der Waals surface area contributed by atoms with E-state index in [1.807, 2.05) is 0 Å². The van der Waals surface area contributed by atoms with Crippen LogP contribution < -0.4 is 10.9 Å². The maximum Gasteiger partial charge on any atom is 0.278 e. The summed E-state index contributed by atoms with van der Waals surface area (Å²) in [4.78, 5) is 32.5. The van der Waals surface area contributed by atoms with E-state index in [2.05, 4.69) is 25.5 Å². The molecule has 1 aliphatic carbocycles. The van der Waals surface area contributed by atoms with Crippen molar-refractivity contribution < 1.29 is 9.32 Å². The standard InChI is InChI=1S/C18H18N6O3/c25-15(20-13-3-1-2-4-13)11-24-16(26)6-5-14(22-24)18-21-17(23-27-18)12-7-9-19-10-8-12/h5-10,13H,1-4,11H2,(H,20,25). The molecule has 4 rings (SSSR count). The number of nitrogens with zero attached hydrogens (tertiary/aromatic N) is 5. The van der Waals surface area contributed by atoms with Crippen LogP contribution in [0.4, 0.5) is 0 Å². The number of hydrogen-bond acceptors (Lipinski definition) is 7. The summed E-state index contributed by atoms with van der Waals surface area (Å²) < 4.78 is 6.36. The quantitative estimate of drug-likeness (QED) is 0.726. The summed E-state index contributed by atoms with van der Waals surface area (Å²) in [5, 5.41) is 11.1. The van der Waals surface area contributed by atoms with Gasteiger partial charge in [-0.15, -0.1) is 0 Å². The van der Waals surface area contributed by atoms with Crippen LogP contribution in [0.2, 0.25) is 0 Å². The third-order valence-electron chi connectivity index (χ3n) is 4.46. The van der Waals surface area contributed by atoms with Crippen LogP contribution >= 0.6 is 0 Å². The normalized spacial score (nSPS) is 14.4. The van der Waals surface area contributed by atoms with Gasteiger partial charge in [-0.25, -0.2) is 4.68 Å². The highest BCUT2D eigenvalue weighted by Gasteiger charge is 2.18. The van der Waals surface area contributed by atoms with Gasteiger partial charge in [-0.1, -0.05) is 18.0 Å². The predicted octanol–water partition coefficient (Wildman–Crippen LogP) is 1.41. The molecular formula is C18H18N6O3. The number of carbonyl (C=O) groups excluding carboxylic acids is 1. The van der Waals surface area contributed by atoms with Crippen molar-refractivity contribution in [3.8, 4) is 23.0 Å². The Labute approximate surface area is 154 Å². The molecule has 0 aliphatic heterocycles. The Kier molecular flexibility index (Phi) is 4.73. The van der Waals surface area contributed by atoms with Gasteiger partial charge in [-0.05, 0) is 31.0 Å². The molecule has 9 heteroatoms. The molecule has 138 valence electrons. The fourth-order valence-electron chi connectivity index (χ4n) is 3.10. The number of rotatable bonds is 5. The lowest BCUT2D eigenvalue weighted by atomic mass is 10.2. The average Bonchev–Trinajstić information content (AvgIpc) is 3.36. The molecule has 1 fully saturated rings. The molecule has 3 aromatic heterocycles. The highest BCUT2D eigenvalue weighted by atomic mass is 16.5. The van der Waals surface area contributed by atoms with Crippen LogP contribution in [0, 0.1) is 0 Å². The first-order valence-corrected chi connectivity index (χ1v) is 8.81. The number of pyridine rings is 1. The first kappa shape index (κ1) is 17.1. The SMILES string of the molecule is O=C(Cn1nc(-c2nc(-c3ccncc3)no2)ccc1=O)NC1CCCC1.